The van der Waals surface area contributed by atoms with Crippen LogP contribution < -0.4 is 5.73 Å². The molecule has 0 radical (unpaired) electrons. The summed E-state index contributed by atoms with van der Waals surface area (Å²) in [5, 5.41) is 3.97. The van der Waals surface area contributed by atoms with Crippen molar-refractivity contribution in [3.05, 3.63) is 11.7 Å². The van der Waals surface area contributed by atoms with E-state index in [1.54, 1.807) is 0 Å². The molecule has 1 heterocycles. The number of nitrogens with two attached hydrogens (primary N) is 1. The average molecular weight is 225 g/mol. The lowest BCUT2D eigenvalue weighted by atomic mass is 9.87. The Bertz CT molecular complexity index is 344. The first-order valence-electron chi connectivity index (χ1n) is 5.68. The topological polar surface area (TPSA) is 64.9 Å². The van der Waals surface area contributed by atoms with Gasteiger partial charge in [-0.1, -0.05) is 46.7 Å². The highest BCUT2D eigenvalue weighted by Gasteiger charge is 2.28. The van der Waals surface area contributed by atoms with Crippen LogP contribution in [0.2, 0.25) is 0 Å². The standard InChI is InChI=1S/C12H23N3O/c1-11(2,3)7-8-14-10(16-15-8)9(13)12(4,5)6/h9H,7,13H2,1-6H3/t9-/m1/s1. The van der Waals surface area contributed by atoms with Gasteiger partial charge in [0.05, 0.1) is 6.04 Å². The lowest BCUT2D eigenvalue weighted by Crippen LogP contribution is -2.26. The Kier molecular flexibility index (Phi) is 3.43. The minimum Gasteiger partial charge on any atom is -0.338 e. The summed E-state index contributed by atoms with van der Waals surface area (Å²) in [4.78, 5) is 4.36. The van der Waals surface area contributed by atoms with Crippen molar-refractivity contribution in [1.82, 2.24) is 10.1 Å². The average Bonchev–Trinajstić information content (AvgIpc) is 2.46. The van der Waals surface area contributed by atoms with Gasteiger partial charge in [-0.05, 0) is 10.8 Å². The van der Waals surface area contributed by atoms with E-state index in [1.807, 2.05) is 0 Å². The van der Waals surface area contributed by atoms with Crippen LogP contribution in [0.5, 0.6) is 0 Å². The number of hydrogen-bond acceptors (Lipinski definition) is 4. The number of rotatable bonds is 2. The fourth-order valence-electron chi connectivity index (χ4n) is 1.31. The smallest absolute Gasteiger partial charge is 0.244 e. The van der Waals surface area contributed by atoms with Gasteiger partial charge in [-0.2, -0.15) is 4.98 Å². The molecule has 1 atom stereocenters. The molecule has 1 rings (SSSR count). The monoisotopic (exact) mass is 225 g/mol. The van der Waals surface area contributed by atoms with Crippen molar-refractivity contribution in [3.8, 4) is 0 Å². The summed E-state index contributed by atoms with van der Waals surface area (Å²) in [5.74, 6) is 1.27. The molecule has 2 N–H and O–H groups in total. The van der Waals surface area contributed by atoms with Crippen LogP contribution in [0.3, 0.4) is 0 Å². The Morgan fingerprint density at radius 1 is 1.19 bits per heavy atom. The largest absolute Gasteiger partial charge is 0.338 e. The fourth-order valence-corrected chi connectivity index (χ4v) is 1.31. The molecular formula is C12H23N3O. The number of hydrogen-bond donors (Lipinski definition) is 1. The van der Waals surface area contributed by atoms with Gasteiger partial charge in [-0.25, -0.2) is 0 Å². The van der Waals surface area contributed by atoms with E-state index in [4.69, 9.17) is 10.3 Å². The number of nitrogens with zero attached hydrogens (tertiary/aromatic N) is 2. The fraction of sp³-hybridized carbons (Fsp3) is 0.833. The first kappa shape index (κ1) is 13.2. The van der Waals surface area contributed by atoms with E-state index >= 15 is 0 Å². The molecule has 4 nitrogen and oxygen atoms in total. The Balaban J connectivity index is 2.80. The summed E-state index contributed by atoms with van der Waals surface area (Å²) >= 11 is 0. The van der Waals surface area contributed by atoms with E-state index in [2.05, 4.69) is 51.7 Å². The Hall–Kier alpha value is -0.900. The molecule has 0 unspecified atom stereocenters. The third-order valence-corrected chi connectivity index (χ3v) is 2.37. The van der Waals surface area contributed by atoms with E-state index in [9.17, 15) is 0 Å². The first-order chi connectivity index (χ1) is 7.09. The summed E-state index contributed by atoms with van der Waals surface area (Å²) in [6.45, 7) is 12.6. The zero-order valence-corrected chi connectivity index (χ0v) is 11.2. The molecule has 1 aromatic heterocycles. The van der Waals surface area contributed by atoms with Crippen molar-refractivity contribution in [1.29, 1.82) is 0 Å². The maximum atomic E-state index is 6.05. The normalized spacial score (nSPS) is 15.2. The minimum atomic E-state index is -0.214. The van der Waals surface area contributed by atoms with Gasteiger partial charge < -0.3 is 10.3 Å². The van der Waals surface area contributed by atoms with E-state index < -0.39 is 0 Å². The van der Waals surface area contributed by atoms with Crippen molar-refractivity contribution in [2.24, 2.45) is 16.6 Å². The maximum Gasteiger partial charge on any atom is 0.244 e. The second-order valence-electron chi connectivity index (χ2n) is 6.63. The molecule has 0 fully saturated rings. The van der Waals surface area contributed by atoms with Crippen LogP contribution in [0, 0.1) is 10.8 Å². The van der Waals surface area contributed by atoms with E-state index in [0.29, 0.717) is 5.89 Å². The van der Waals surface area contributed by atoms with Crippen molar-refractivity contribution in [2.45, 2.75) is 54.0 Å². The molecular weight excluding hydrogens is 202 g/mol. The van der Waals surface area contributed by atoms with Gasteiger partial charge in [-0.15, -0.1) is 0 Å². The molecule has 0 saturated heterocycles. The summed E-state index contributed by atoms with van der Waals surface area (Å²) in [6, 6.07) is -0.214. The van der Waals surface area contributed by atoms with Gasteiger partial charge in [0, 0.05) is 6.42 Å². The van der Waals surface area contributed by atoms with Gasteiger partial charge >= 0.3 is 0 Å². The SMILES string of the molecule is CC(C)(C)Cc1noc([C@@H](N)C(C)(C)C)n1. The lowest BCUT2D eigenvalue weighted by Gasteiger charge is -2.23. The highest BCUT2D eigenvalue weighted by atomic mass is 16.5. The van der Waals surface area contributed by atoms with Crippen LogP contribution in [-0.2, 0) is 6.42 Å². The van der Waals surface area contributed by atoms with Gasteiger partial charge in [-0.3, -0.25) is 0 Å². The molecule has 0 aliphatic carbocycles. The Labute approximate surface area is 97.6 Å². The van der Waals surface area contributed by atoms with Gasteiger partial charge in [0.1, 0.15) is 0 Å². The molecule has 0 aliphatic rings. The number of aromatic nitrogens is 2. The van der Waals surface area contributed by atoms with Crippen molar-refractivity contribution >= 4 is 0 Å². The van der Waals surface area contributed by atoms with Crippen LogP contribution >= 0.6 is 0 Å². The van der Waals surface area contributed by atoms with Crippen LogP contribution in [0.25, 0.3) is 0 Å². The second kappa shape index (κ2) is 4.17. The van der Waals surface area contributed by atoms with Gasteiger partial charge in [0.2, 0.25) is 5.89 Å². The quantitative estimate of drug-likeness (QED) is 0.840. The highest BCUT2D eigenvalue weighted by molar-refractivity contribution is 4.97. The molecule has 0 aliphatic heterocycles. The van der Waals surface area contributed by atoms with Crippen LogP contribution in [0.15, 0.2) is 4.52 Å². The molecule has 0 bridgehead atoms. The van der Waals surface area contributed by atoms with Crippen LogP contribution in [-0.4, -0.2) is 10.1 Å². The lowest BCUT2D eigenvalue weighted by molar-refractivity contribution is 0.251. The third kappa shape index (κ3) is 3.59. The molecule has 16 heavy (non-hydrogen) atoms. The molecule has 0 amide bonds. The van der Waals surface area contributed by atoms with Crippen molar-refractivity contribution in [3.63, 3.8) is 0 Å². The molecule has 0 spiro atoms. The Morgan fingerprint density at radius 3 is 2.19 bits per heavy atom. The molecule has 4 heteroatoms. The molecule has 92 valence electrons. The summed E-state index contributed by atoms with van der Waals surface area (Å²) in [7, 11) is 0. The van der Waals surface area contributed by atoms with Crippen molar-refractivity contribution < 1.29 is 4.52 Å². The zero-order chi connectivity index (χ0) is 12.6. The van der Waals surface area contributed by atoms with E-state index in [0.717, 1.165) is 12.2 Å². The van der Waals surface area contributed by atoms with Crippen LogP contribution in [0.4, 0.5) is 0 Å². The second-order valence-corrected chi connectivity index (χ2v) is 6.63. The third-order valence-electron chi connectivity index (χ3n) is 2.37. The zero-order valence-electron chi connectivity index (χ0n) is 11.2. The first-order valence-corrected chi connectivity index (χ1v) is 5.68. The summed E-state index contributed by atoms with van der Waals surface area (Å²) in [6.07, 6.45) is 0.799. The predicted octanol–water partition coefficient (Wildman–Crippen LogP) is 2.70. The van der Waals surface area contributed by atoms with Crippen molar-refractivity contribution in [2.75, 3.05) is 0 Å². The van der Waals surface area contributed by atoms with E-state index in [1.165, 1.54) is 0 Å². The summed E-state index contributed by atoms with van der Waals surface area (Å²) < 4.78 is 5.21. The minimum absolute atomic E-state index is 0.0640. The molecule has 0 aromatic carbocycles. The Morgan fingerprint density at radius 2 is 1.75 bits per heavy atom. The highest BCUT2D eigenvalue weighted by Crippen LogP contribution is 2.29. The maximum absolute atomic E-state index is 6.05. The van der Waals surface area contributed by atoms with Gasteiger partial charge in [0.15, 0.2) is 5.82 Å². The molecule has 0 saturated carbocycles. The van der Waals surface area contributed by atoms with Crippen LogP contribution in [0.1, 0.15) is 59.3 Å². The van der Waals surface area contributed by atoms with E-state index in [-0.39, 0.29) is 16.9 Å². The predicted molar refractivity (Wildman–Crippen MR) is 63.8 cm³/mol. The summed E-state index contributed by atoms with van der Waals surface area (Å²) in [5.41, 5.74) is 6.15. The van der Waals surface area contributed by atoms with Gasteiger partial charge in [0.25, 0.3) is 0 Å². The molecule has 1 aromatic rings.